The van der Waals surface area contributed by atoms with Crippen LogP contribution in [0.4, 0.5) is 5.69 Å². The molecule has 190 valence electrons. The summed E-state index contributed by atoms with van der Waals surface area (Å²) in [5, 5.41) is 17.6. The molecule has 7 nitrogen and oxygen atoms in total. The molecule has 1 atom stereocenters. The number of benzene rings is 3. The van der Waals surface area contributed by atoms with Crippen LogP contribution in [0.15, 0.2) is 90.0 Å². The molecular weight excluding hydrogens is 464 g/mol. The Bertz CT molecular complexity index is 1250. The van der Waals surface area contributed by atoms with Crippen molar-refractivity contribution in [2.24, 2.45) is 11.0 Å². The Morgan fingerprint density at radius 3 is 2.35 bits per heavy atom. The molecule has 1 unspecified atom stereocenters. The van der Waals surface area contributed by atoms with Gasteiger partial charge >= 0.3 is 0 Å². The van der Waals surface area contributed by atoms with E-state index in [9.17, 15) is 14.9 Å². The van der Waals surface area contributed by atoms with Crippen LogP contribution in [0.25, 0.3) is 0 Å². The summed E-state index contributed by atoms with van der Waals surface area (Å²) in [6.45, 7) is 2.69. The van der Waals surface area contributed by atoms with E-state index in [2.05, 4.69) is 35.2 Å². The van der Waals surface area contributed by atoms with E-state index in [0.29, 0.717) is 25.3 Å². The molecule has 0 aliphatic carbocycles. The third-order valence-electron chi connectivity index (χ3n) is 7.45. The number of rotatable bonds is 8. The Hall–Kier alpha value is -3.84. The number of nitrogens with zero attached hydrogens (tertiary/aromatic N) is 4. The zero-order valence-electron chi connectivity index (χ0n) is 20.9. The minimum Gasteiger partial charge on any atom is -0.303 e. The average Bonchev–Trinajstić information content (AvgIpc) is 3.39. The number of carbonyl (C=O) groups excluding carboxylic acids is 1. The average molecular weight is 497 g/mol. The number of carbonyl (C=O) groups is 1. The second kappa shape index (κ2) is 11.5. The Balaban J connectivity index is 1.23. The van der Waals surface area contributed by atoms with Crippen molar-refractivity contribution in [2.45, 2.75) is 38.1 Å². The predicted octanol–water partition coefficient (Wildman–Crippen LogP) is 5.62. The smallest absolute Gasteiger partial charge is 0.269 e. The molecule has 2 heterocycles. The largest absolute Gasteiger partial charge is 0.303 e. The second-order valence-electron chi connectivity index (χ2n) is 9.95. The summed E-state index contributed by atoms with van der Waals surface area (Å²) >= 11 is 0. The van der Waals surface area contributed by atoms with Gasteiger partial charge < -0.3 is 4.90 Å². The summed E-state index contributed by atoms with van der Waals surface area (Å²) in [5.74, 6) is 0.637. The van der Waals surface area contributed by atoms with Crippen molar-refractivity contribution in [3.8, 4) is 0 Å². The first-order chi connectivity index (χ1) is 18.1. The van der Waals surface area contributed by atoms with Crippen molar-refractivity contribution in [1.29, 1.82) is 0 Å². The number of nitro groups is 1. The number of likely N-dealkylation sites (tertiary alicyclic amines) is 1. The predicted molar refractivity (Wildman–Crippen MR) is 144 cm³/mol. The first-order valence-corrected chi connectivity index (χ1v) is 13.0. The van der Waals surface area contributed by atoms with Crippen LogP contribution in [0, 0.1) is 16.0 Å². The maximum atomic E-state index is 13.4. The number of non-ortho nitro benzene ring substituents is 1. The zero-order chi connectivity index (χ0) is 25.6. The molecule has 0 aromatic heterocycles. The van der Waals surface area contributed by atoms with Gasteiger partial charge in [-0.2, -0.15) is 5.10 Å². The lowest BCUT2D eigenvalue weighted by molar-refractivity contribution is -0.384. The van der Waals surface area contributed by atoms with E-state index in [4.69, 9.17) is 5.10 Å². The fourth-order valence-corrected chi connectivity index (χ4v) is 5.38. The summed E-state index contributed by atoms with van der Waals surface area (Å²) in [4.78, 5) is 26.8. The molecule has 7 heteroatoms. The van der Waals surface area contributed by atoms with E-state index < -0.39 is 4.92 Å². The number of nitro benzene ring substituents is 1. The van der Waals surface area contributed by atoms with Gasteiger partial charge in [-0.15, -0.1) is 0 Å². The van der Waals surface area contributed by atoms with Crippen LogP contribution in [0.3, 0.4) is 0 Å². The molecular formula is C30H32N4O3. The number of amides is 1. The molecule has 5 rings (SSSR count). The van der Waals surface area contributed by atoms with Crippen LogP contribution < -0.4 is 0 Å². The third-order valence-corrected chi connectivity index (χ3v) is 7.45. The molecule has 0 saturated carbocycles. The van der Waals surface area contributed by atoms with Gasteiger partial charge in [-0.05, 0) is 55.0 Å². The third kappa shape index (κ3) is 6.12. The number of hydrazone groups is 1. The van der Waals surface area contributed by atoms with Crippen molar-refractivity contribution in [3.63, 3.8) is 0 Å². The van der Waals surface area contributed by atoms with Crippen molar-refractivity contribution >= 4 is 17.3 Å². The van der Waals surface area contributed by atoms with E-state index in [1.165, 1.54) is 11.6 Å². The molecule has 0 N–H and O–H groups in total. The molecule has 2 aliphatic rings. The van der Waals surface area contributed by atoms with E-state index in [0.717, 1.165) is 49.2 Å². The lowest BCUT2D eigenvalue weighted by Gasteiger charge is -2.32. The van der Waals surface area contributed by atoms with Gasteiger partial charge in [-0.3, -0.25) is 14.9 Å². The Kier molecular flexibility index (Phi) is 7.70. The minimum absolute atomic E-state index is 0.0245. The van der Waals surface area contributed by atoms with Gasteiger partial charge in [0.25, 0.3) is 5.69 Å². The molecule has 37 heavy (non-hydrogen) atoms. The van der Waals surface area contributed by atoms with Gasteiger partial charge in [0.05, 0.1) is 16.7 Å². The molecule has 1 fully saturated rings. The van der Waals surface area contributed by atoms with Gasteiger partial charge in [-0.25, -0.2) is 5.01 Å². The molecule has 0 spiro atoms. The zero-order valence-corrected chi connectivity index (χ0v) is 20.9. The van der Waals surface area contributed by atoms with Crippen LogP contribution in [0.5, 0.6) is 0 Å². The van der Waals surface area contributed by atoms with Gasteiger partial charge in [0.15, 0.2) is 0 Å². The summed E-state index contributed by atoms with van der Waals surface area (Å²) in [6.07, 6.45) is 4.30. The van der Waals surface area contributed by atoms with E-state index in [1.807, 2.05) is 36.4 Å². The van der Waals surface area contributed by atoms with E-state index >= 15 is 0 Å². The molecule has 2 aliphatic heterocycles. The lowest BCUT2D eigenvalue weighted by atomic mass is 9.90. The molecule has 1 amide bonds. The molecule has 3 aromatic carbocycles. The van der Waals surface area contributed by atoms with Crippen LogP contribution >= 0.6 is 0 Å². The number of hydrogen-bond acceptors (Lipinski definition) is 5. The van der Waals surface area contributed by atoms with E-state index in [-0.39, 0.29) is 17.6 Å². The second-order valence-corrected chi connectivity index (χ2v) is 9.95. The standard InChI is InChI=1S/C30H32N4O3/c35-30(16-19-32-17-14-24(15-18-32)20-23-8-3-1-4-9-23)33-29(26-12-7-13-27(21-26)34(36)37)22-28(31-33)25-10-5-2-6-11-25/h1-13,21,24,29H,14-20,22H2. The van der Waals surface area contributed by atoms with Crippen LogP contribution in [0.1, 0.15) is 48.4 Å². The highest BCUT2D eigenvalue weighted by Crippen LogP contribution is 2.34. The highest BCUT2D eigenvalue weighted by atomic mass is 16.6. The van der Waals surface area contributed by atoms with Gasteiger partial charge in [-0.1, -0.05) is 72.8 Å². The highest BCUT2D eigenvalue weighted by molar-refractivity contribution is 6.03. The quantitative estimate of drug-likeness (QED) is 0.300. The Labute approximate surface area is 217 Å². The topological polar surface area (TPSA) is 79.0 Å². The maximum Gasteiger partial charge on any atom is 0.269 e. The minimum atomic E-state index is -0.398. The van der Waals surface area contributed by atoms with Crippen LogP contribution in [0.2, 0.25) is 0 Å². The fraction of sp³-hybridized carbons (Fsp3) is 0.333. The SMILES string of the molecule is O=C(CCN1CCC(Cc2ccccc2)CC1)N1N=C(c2ccccc2)CC1c1cccc([N+](=O)[O-])c1. The van der Waals surface area contributed by atoms with Crippen molar-refractivity contribution in [1.82, 2.24) is 9.91 Å². The fourth-order valence-electron chi connectivity index (χ4n) is 5.38. The molecule has 3 aromatic rings. The normalized spacial score (nSPS) is 18.5. The van der Waals surface area contributed by atoms with Crippen molar-refractivity contribution in [2.75, 3.05) is 19.6 Å². The summed E-state index contributed by atoms with van der Waals surface area (Å²) in [5.41, 5.74) is 3.95. The van der Waals surface area contributed by atoms with Gasteiger partial charge in [0.2, 0.25) is 5.91 Å². The maximum absolute atomic E-state index is 13.4. The summed E-state index contributed by atoms with van der Waals surface area (Å²) in [7, 11) is 0. The van der Waals surface area contributed by atoms with Crippen LogP contribution in [-0.2, 0) is 11.2 Å². The van der Waals surface area contributed by atoms with Crippen LogP contribution in [-0.4, -0.2) is 46.1 Å². The Morgan fingerprint density at radius 1 is 0.946 bits per heavy atom. The lowest BCUT2D eigenvalue weighted by Crippen LogP contribution is -2.37. The monoisotopic (exact) mass is 496 g/mol. The first kappa shape index (κ1) is 24.8. The molecule has 0 radical (unpaired) electrons. The first-order valence-electron chi connectivity index (χ1n) is 13.0. The van der Waals surface area contributed by atoms with Gasteiger partial charge in [0.1, 0.15) is 0 Å². The highest BCUT2D eigenvalue weighted by Gasteiger charge is 2.34. The number of hydrogen-bond donors (Lipinski definition) is 0. The Morgan fingerprint density at radius 2 is 1.65 bits per heavy atom. The summed E-state index contributed by atoms with van der Waals surface area (Å²) in [6, 6.07) is 26.7. The van der Waals surface area contributed by atoms with Gasteiger partial charge in [0, 0.05) is 31.5 Å². The van der Waals surface area contributed by atoms with Crippen molar-refractivity contribution < 1.29 is 9.72 Å². The molecule has 1 saturated heterocycles. The summed E-state index contributed by atoms with van der Waals surface area (Å²) < 4.78 is 0. The van der Waals surface area contributed by atoms with E-state index in [1.54, 1.807) is 17.1 Å². The molecule has 0 bridgehead atoms. The van der Waals surface area contributed by atoms with Crippen molar-refractivity contribution in [3.05, 3.63) is 112 Å². The number of piperidine rings is 1.